The van der Waals surface area contributed by atoms with E-state index < -0.39 is 23.9 Å². The predicted molar refractivity (Wildman–Crippen MR) is 60.9 cm³/mol. The third-order valence-electron chi connectivity index (χ3n) is 3.32. The summed E-state index contributed by atoms with van der Waals surface area (Å²) < 4.78 is 63.0. The highest BCUT2D eigenvalue weighted by Gasteiger charge is 2.83. The molecule has 2 rings (SSSR count). The molecule has 1 aromatic carbocycles. The predicted octanol–water partition coefficient (Wildman–Crippen LogP) is 3.13. The Balaban J connectivity index is 2.38. The second-order valence-corrected chi connectivity index (χ2v) is 4.45. The van der Waals surface area contributed by atoms with Gasteiger partial charge in [-0.15, -0.1) is 0 Å². The molecule has 1 saturated carbocycles. The summed E-state index contributed by atoms with van der Waals surface area (Å²) in [5.74, 6) is -8.24. The summed E-state index contributed by atoms with van der Waals surface area (Å²) in [7, 11) is 0. The molecule has 0 saturated heterocycles. The maximum absolute atomic E-state index is 13.7. The first-order valence-electron chi connectivity index (χ1n) is 5.91. The zero-order valence-corrected chi connectivity index (χ0v) is 10.5. The van der Waals surface area contributed by atoms with Crippen molar-refractivity contribution in [1.29, 1.82) is 0 Å². The van der Waals surface area contributed by atoms with Crippen LogP contribution in [0, 0.1) is 0 Å². The number of carbonyl (C=O) groups is 1. The first kappa shape index (κ1) is 14.6. The molecular formula is C13H12F4O3. The molecule has 0 amide bonds. The van der Waals surface area contributed by atoms with Crippen LogP contribution in [0.2, 0.25) is 0 Å². The average Bonchev–Trinajstić information content (AvgIpc) is 2.39. The van der Waals surface area contributed by atoms with E-state index >= 15 is 0 Å². The molecule has 1 fully saturated rings. The van der Waals surface area contributed by atoms with Crippen LogP contribution in [0.3, 0.4) is 0 Å². The van der Waals surface area contributed by atoms with E-state index in [2.05, 4.69) is 4.74 Å². The average molecular weight is 292 g/mol. The Hall–Kier alpha value is -1.79. The molecule has 0 spiro atoms. The fourth-order valence-electron chi connectivity index (χ4n) is 2.26. The summed E-state index contributed by atoms with van der Waals surface area (Å²) in [6, 6.07) is 5.11. The van der Waals surface area contributed by atoms with Gasteiger partial charge in [0.05, 0.1) is 13.0 Å². The second kappa shape index (κ2) is 4.64. The van der Waals surface area contributed by atoms with Crippen molar-refractivity contribution in [3.05, 3.63) is 29.8 Å². The maximum Gasteiger partial charge on any atom is 0.353 e. The first-order chi connectivity index (χ1) is 9.30. The first-order valence-corrected chi connectivity index (χ1v) is 5.91. The second-order valence-electron chi connectivity index (χ2n) is 4.45. The summed E-state index contributed by atoms with van der Waals surface area (Å²) in [6.07, 6.45) is -1.25. The van der Waals surface area contributed by atoms with Crippen molar-refractivity contribution in [3.63, 3.8) is 0 Å². The molecule has 20 heavy (non-hydrogen) atoms. The molecule has 0 unspecified atom stereocenters. The van der Waals surface area contributed by atoms with Gasteiger partial charge >= 0.3 is 11.8 Å². The number of benzene rings is 1. The van der Waals surface area contributed by atoms with Crippen molar-refractivity contribution >= 4 is 6.47 Å². The van der Waals surface area contributed by atoms with E-state index in [0.717, 1.165) is 0 Å². The molecule has 1 aliphatic rings. The van der Waals surface area contributed by atoms with Crippen molar-refractivity contribution in [3.8, 4) is 5.75 Å². The minimum atomic E-state index is -4.45. The third-order valence-corrected chi connectivity index (χ3v) is 3.32. The number of carbonyl (C=O) groups excluding carboxylic acids is 1. The molecule has 0 aliphatic heterocycles. The van der Waals surface area contributed by atoms with Gasteiger partial charge in [-0.2, -0.15) is 17.6 Å². The molecule has 1 atom stereocenters. The van der Waals surface area contributed by atoms with E-state index in [4.69, 9.17) is 4.74 Å². The maximum atomic E-state index is 13.7. The lowest BCUT2D eigenvalue weighted by Gasteiger charge is -2.52. The number of alkyl halides is 4. The van der Waals surface area contributed by atoms with Crippen molar-refractivity contribution in [1.82, 2.24) is 0 Å². The number of rotatable bonds is 5. The number of ether oxygens (including phenoxy) is 2. The molecule has 0 radical (unpaired) electrons. The highest BCUT2D eigenvalue weighted by molar-refractivity contribution is 5.45. The summed E-state index contributed by atoms with van der Waals surface area (Å²) in [6.45, 7) is 1.88. The van der Waals surface area contributed by atoms with Gasteiger partial charge in [-0.25, -0.2) is 0 Å². The Labute approximate surface area is 112 Å². The van der Waals surface area contributed by atoms with Gasteiger partial charge in [0.2, 0.25) is 5.60 Å². The topological polar surface area (TPSA) is 35.5 Å². The fraction of sp³-hybridized carbons (Fsp3) is 0.462. The Kier molecular flexibility index (Phi) is 3.39. The quantitative estimate of drug-likeness (QED) is 0.618. The van der Waals surface area contributed by atoms with Crippen molar-refractivity contribution in [2.24, 2.45) is 0 Å². The van der Waals surface area contributed by atoms with Crippen LogP contribution in [0.5, 0.6) is 5.75 Å². The van der Waals surface area contributed by atoms with E-state index in [0.29, 0.717) is 12.4 Å². The van der Waals surface area contributed by atoms with E-state index in [1.54, 1.807) is 6.92 Å². The van der Waals surface area contributed by atoms with Gasteiger partial charge in [0, 0.05) is 5.56 Å². The molecule has 1 aromatic rings. The number of hydrogen-bond acceptors (Lipinski definition) is 3. The van der Waals surface area contributed by atoms with Crippen LogP contribution < -0.4 is 4.74 Å². The Morgan fingerprint density at radius 3 is 2.20 bits per heavy atom. The molecule has 110 valence electrons. The van der Waals surface area contributed by atoms with Crippen LogP contribution >= 0.6 is 0 Å². The van der Waals surface area contributed by atoms with E-state index in [1.165, 1.54) is 24.3 Å². The van der Waals surface area contributed by atoms with Gasteiger partial charge in [0.1, 0.15) is 5.75 Å². The normalized spacial score (nSPS) is 26.4. The van der Waals surface area contributed by atoms with Crippen LogP contribution in [-0.4, -0.2) is 24.9 Å². The lowest BCUT2D eigenvalue weighted by Crippen LogP contribution is -2.70. The van der Waals surface area contributed by atoms with Gasteiger partial charge in [0.15, 0.2) is 0 Å². The molecule has 0 heterocycles. The summed E-state index contributed by atoms with van der Waals surface area (Å²) in [4.78, 5) is 10.4. The van der Waals surface area contributed by atoms with Gasteiger partial charge in [-0.3, -0.25) is 4.79 Å². The standard InChI is InChI=1S/C13H12F4O3/c1-2-19-10-5-3-9(4-6-10)11(20-8-18)7-12(14,15)13(11,16)17/h3-6,8H,2,7H2,1H3/t11-/m0/s1. The Morgan fingerprint density at radius 1 is 1.20 bits per heavy atom. The van der Waals surface area contributed by atoms with Gasteiger partial charge in [0.25, 0.3) is 6.47 Å². The van der Waals surface area contributed by atoms with Crippen LogP contribution in [0.15, 0.2) is 24.3 Å². The number of halogens is 4. The monoisotopic (exact) mass is 292 g/mol. The van der Waals surface area contributed by atoms with E-state index in [-0.39, 0.29) is 12.0 Å². The zero-order valence-electron chi connectivity index (χ0n) is 10.5. The molecule has 7 heteroatoms. The number of hydrogen-bond donors (Lipinski definition) is 0. The van der Waals surface area contributed by atoms with Crippen LogP contribution in [0.4, 0.5) is 17.6 Å². The van der Waals surface area contributed by atoms with Crippen molar-refractivity contribution in [2.75, 3.05) is 6.61 Å². The Bertz CT molecular complexity index is 501. The SMILES string of the molecule is CCOc1ccc([C@@]2(OC=O)CC(F)(F)C2(F)F)cc1. The van der Waals surface area contributed by atoms with E-state index in [9.17, 15) is 22.4 Å². The van der Waals surface area contributed by atoms with Gasteiger partial charge < -0.3 is 9.47 Å². The summed E-state index contributed by atoms with van der Waals surface area (Å²) >= 11 is 0. The van der Waals surface area contributed by atoms with Crippen molar-refractivity contribution < 1.29 is 31.8 Å². The summed E-state index contributed by atoms with van der Waals surface area (Å²) in [5, 5.41) is 0. The zero-order chi connectivity index (χ0) is 15.0. The largest absolute Gasteiger partial charge is 0.494 e. The molecule has 1 aliphatic carbocycles. The van der Waals surface area contributed by atoms with Crippen LogP contribution in [-0.2, 0) is 15.1 Å². The van der Waals surface area contributed by atoms with Crippen molar-refractivity contribution in [2.45, 2.75) is 30.8 Å². The molecular weight excluding hydrogens is 280 g/mol. The molecule has 0 N–H and O–H groups in total. The Morgan fingerprint density at radius 2 is 1.80 bits per heavy atom. The highest BCUT2D eigenvalue weighted by atomic mass is 19.3. The van der Waals surface area contributed by atoms with Gasteiger partial charge in [-0.05, 0) is 19.1 Å². The minimum absolute atomic E-state index is 0.191. The molecule has 0 aromatic heterocycles. The molecule has 0 bridgehead atoms. The lowest BCUT2D eigenvalue weighted by molar-refractivity contribution is -0.384. The van der Waals surface area contributed by atoms with Gasteiger partial charge in [-0.1, -0.05) is 12.1 Å². The van der Waals surface area contributed by atoms with Crippen LogP contribution in [0.1, 0.15) is 18.9 Å². The third kappa shape index (κ3) is 1.83. The minimum Gasteiger partial charge on any atom is -0.494 e. The van der Waals surface area contributed by atoms with Crippen LogP contribution in [0.25, 0.3) is 0 Å². The molecule has 3 nitrogen and oxygen atoms in total. The summed E-state index contributed by atoms with van der Waals surface area (Å²) in [5.41, 5.74) is -2.81. The smallest absolute Gasteiger partial charge is 0.353 e. The lowest BCUT2D eigenvalue weighted by atomic mass is 9.68. The fourth-order valence-corrected chi connectivity index (χ4v) is 2.26. The van der Waals surface area contributed by atoms with E-state index in [1.807, 2.05) is 0 Å². The highest BCUT2D eigenvalue weighted by Crippen LogP contribution is 2.64.